The molecule has 1 heterocycles. The van der Waals surface area contributed by atoms with Gasteiger partial charge in [0.25, 0.3) is 0 Å². The van der Waals surface area contributed by atoms with Crippen molar-refractivity contribution in [3.8, 4) is 0 Å². The van der Waals surface area contributed by atoms with Gasteiger partial charge in [-0.2, -0.15) is 5.11 Å². The molecule has 2 aromatic rings. The summed E-state index contributed by atoms with van der Waals surface area (Å²) in [6, 6.07) is 10.5. The van der Waals surface area contributed by atoms with Gasteiger partial charge in [0.05, 0.1) is 30.5 Å². The van der Waals surface area contributed by atoms with E-state index in [1.807, 2.05) is 30.3 Å². The van der Waals surface area contributed by atoms with Gasteiger partial charge in [0.1, 0.15) is 5.82 Å². The number of nitrogens with one attached hydrogen (secondary N) is 6. The molecule has 0 saturated heterocycles. The lowest BCUT2D eigenvalue weighted by molar-refractivity contribution is 0.248. The standard InChI is InChI=1S/C20H26N8O/c1-3-24-13-17-19(23-2)15(12-21)11-18(26-17)28-20(29)27-16(9-10-25-22)14-7-5-4-6-8-14/h3-8,11-12,16,21-24H,1,9-10,13H2,2H3,(H2,26,27,28,29)/t16-/m1/s1. The Hall–Kier alpha value is -3.75. The minimum Gasteiger partial charge on any atom is -0.386 e. The van der Waals surface area contributed by atoms with Gasteiger partial charge < -0.3 is 21.4 Å². The van der Waals surface area contributed by atoms with Gasteiger partial charge in [0, 0.05) is 18.8 Å². The third kappa shape index (κ3) is 6.13. The molecule has 0 fully saturated rings. The van der Waals surface area contributed by atoms with Crippen molar-refractivity contribution in [2.75, 3.05) is 24.2 Å². The summed E-state index contributed by atoms with van der Waals surface area (Å²) in [5.41, 5.74) is 9.92. The van der Waals surface area contributed by atoms with Crippen LogP contribution in [0.4, 0.5) is 16.3 Å². The molecule has 0 saturated carbocycles. The fourth-order valence-electron chi connectivity index (χ4n) is 2.89. The number of nitrogens with zero attached hydrogens (tertiary/aromatic N) is 2. The topological polar surface area (TPSA) is 138 Å². The molecule has 0 aliphatic rings. The SMILES string of the molecule is C=CNCc1nc(NC(=O)N[C@H](CCN=N)c2ccccc2)cc(C=N)c1NC. The van der Waals surface area contributed by atoms with Crippen molar-refractivity contribution in [1.29, 1.82) is 10.9 Å². The first kappa shape index (κ1) is 21.5. The highest BCUT2D eigenvalue weighted by molar-refractivity contribution is 5.92. The van der Waals surface area contributed by atoms with Crippen molar-refractivity contribution in [1.82, 2.24) is 15.6 Å². The molecule has 0 radical (unpaired) electrons. The van der Waals surface area contributed by atoms with Crippen LogP contribution in [-0.2, 0) is 6.54 Å². The van der Waals surface area contributed by atoms with Crippen molar-refractivity contribution in [2.24, 2.45) is 5.11 Å². The number of rotatable bonds is 11. The van der Waals surface area contributed by atoms with E-state index in [0.717, 1.165) is 5.56 Å². The third-order valence-corrected chi connectivity index (χ3v) is 4.22. The van der Waals surface area contributed by atoms with Gasteiger partial charge in [-0.1, -0.05) is 36.9 Å². The Kier molecular flexibility index (Phi) is 8.30. The molecule has 0 aliphatic heterocycles. The summed E-state index contributed by atoms with van der Waals surface area (Å²) >= 11 is 0. The van der Waals surface area contributed by atoms with Crippen LogP contribution >= 0.6 is 0 Å². The second-order valence-corrected chi connectivity index (χ2v) is 6.13. The summed E-state index contributed by atoms with van der Waals surface area (Å²) in [5, 5.41) is 22.7. The van der Waals surface area contributed by atoms with E-state index in [-0.39, 0.29) is 6.04 Å². The molecule has 9 heteroatoms. The van der Waals surface area contributed by atoms with Crippen LogP contribution in [-0.4, -0.2) is 30.8 Å². The number of benzene rings is 1. The summed E-state index contributed by atoms with van der Waals surface area (Å²) in [5.74, 6) is 0.331. The summed E-state index contributed by atoms with van der Waals surface area (Å²) in [4.78, 5) is 17.1. The first-order valence-corrected chi connectivity index (χ1v) is 9.15. The second-order valence-electron chi connectivity index (χ2n) is 6.13. The molecule has 1 aromatic carbocycles. The predicted molar refractivity (Wildman–Crippen MR) is 115 cm³/mol. The van der Waals surface area contributed by atoms with Crippen molar-refractivity contribution < 1.29 is 4.79 Å². The molecule has 1 atom stereocenters. The number of carbonyl (C=O) groups is 1. The lowest BCUT2D eigenvalue weighted by Gasteiger charge is -2.19. The Morgan fingerprint density at radius 3 is 2.72 bits per heavy atom. The molecule has 0 unspecified atom stereocenters. The normalized spacial score (nSPS) is 11.1. The highest BCUT2D eigenvalue weighted by Gasteiger charge is 2.16. The highest BCUT2D eigenvalue weighted by atomic mass is 16.2. The summed E-state index contributed by atoms with van der Waals surface area (Å²) in [7, 11) is 1.75. The van der Waals surface area contributed by atoms with Gasteiger partial charge in [-0.15, -0.1) is 0 Å². The second kappa shape index (κ2) is 11.2. The van der Waals surface area contributed by atoms with E-state index in [1.54, 1.807) is 19.3 Å². The molecule has 0 aliphatic carbocycles. The van der Waals surface area contributed by atoms with E-state index < -0.39 is 6.03 Å². The zero-order valence-electron chi connectivity index (χ0n) is 16.3. The Morgan fingerprint density at radius 2 is 2.10 bits per heavy atom. The number of amides is 2. The van der Waals surface area contributed by atoms with Gasteiger partial charge in [-0.25, -0.2) is 15.3 Å². The summed E-state index contributed by atoms with van der Waals surface area (Å²) in [6.07, 6.45) is 3.27. The van der Waals surface area contributed by atoms with Crippen molar-refractivity contribution in [2.45, 2.75) is 19.0 Å². The first-order valence-electron chi connectivity index (χ1n) is 9.15. The molecule has 2 amide bonds. The van der Waals surface area contributed by atoms with E-state index in [2.05, 4.69) is 37.9 Å². The lowest BCUT2D eigenvalue weighted by atomic mass is 10.0. The van der Waals surface area contributed by atoms with E-state index in [0.29, 0.717) is 42.3 Å². The lowest BCUT2D eigenvalue weighted by Crippen LogP contribution is -2.33. The summed E-state index contributed by atoms with van der Waals surface area (Å²) in [6.45, 7) is 4.33. The number of pyridine rings is 1. The van der Waals surface area contributed by atoms with Crippen molar-refractivity contribution in [3.63, 3.8) is 0 Å². The molecular formula is C20H26N8O. The van der Waals surface area contributed by atoms with Crippen LogP contribution in [0.25, 0.3) is 0 Å². The number of carbonyl (C=O) groups excluding carboxylic acids is 1. The van der Waals surface area contributed by atoms with Crippen LogP contribution in [0.3, 0.4) is 0 Å². The van der Waals surface area contributed by atoms with Gasteiger partial charge in [-0.05, 0) is 24.3 Å². The van der Waals surface area contributed by atoms with E-state index in [4.69, 9.17) is 10.9 Å². The monoisotopic (exact) mass is 394 g/mol. The molecule has 29 heavy (non-hydrogen) atoms. The maximum Gasteiger partial charge on any atom is 0.320 e. The Labute approximate surface area is 170 Å². The average Bonchev–Trinajstić information content (AvgIpc) is 2.75. The fourth-order valence-corrected chi connectivity index (χ4v) is 2.89. The smallest absolute Gasteiger partial charge is 0.320 e. The molecule has 0 spiro atoms. The first-order chi connectivity index (χ1) is 14.1. The molecular weight excluding hydrogens is 368 g/mol. The van der Waals surface area contributed by atoms with Crippen LogP contribution < -0.4 is 21.3 Å². The van der Waals surface area contributed by atoms with Crippen LogP contribution in [0.1, 0.15) is 29.3 Å². The van der Waals surface area contributed by atoms with Gasteiger partial charge in [-0.3, -0.25) is 5.32 Å². The molecule has 152 valence electrons. The third-order valence-electron chi connectivity index (χ3n) is 4.22. The van der Waals surface area contributed by atoms with E-state index in [1.165, 1.54) is 6.21 Å². The number of anilines is 2. The zero-order chi connectivity index (χ0) is 21.1. The van der Waals surface area contributed by atoms with Crippen LogP contribution in [0.2, 0.25) is 0 Å². The maximum atomic E-state index is 12.6. The Bertz CT molecular complexity index is 853. The Balaban J connectivity index is 2.20. The van der Waals surface area contributed by atoms with Crippen LogP contribution in [0, 0.1) is 10.9 Å². The highest BCUT2D eigenvalue weighted by Crippen LogP contribution is 2.22. The van der Waals surface area contributed by atoms with Crippen LogP contribution in [0.5, 0.6) is 0 Å². The molecule has 6 N–H and O–H groups in total. The number of urea groups is 1. The summed E-state index contributed by atoms with van der Waals surface area (Å²) < 4.78 is 0. The molecule has 1 aromatic heterocycles. The zero-order valence-corrected chi connectivity index (χ0v) is 16.3. The van der Waals surface area contributed by atoms with E-state index >= 15 is 0 Å². The van der Waals surface area contributed by atoms with Gasteiger partial charge in [0.2, 0.25) is 0 Å². The molecule has 9 nitrogen and oxygen atoms in total. The predicted octanol–water partition coefficient (Wildman–Crippen LogP) is 3.64. The van der Waals surface area contributed by atoms with Crippen molar-refractivity contribution in [3.05, 3.63) is 66.0 Å². The Morgan fingerprint density at radius 1 is 1.34 bits per heavy atom. The van der Waals surface area contributed by atoms with Crippen molar-refractivity contribution >= 4 is 23.8 Å². The van der Waals surface area contributed by atoms with Gasteiger partial charge >= 0.3 is 6.03 Å². The number of hydrogen-bond acceptors (Lipinski definition) is 7. The average molecular weight is 394 g/mol. The number of hydrogen-bond donors (Lipinski definition) is 6. The number of aromatic nitrogens is 1. The largest absolute Gasteiger partial charge is 0.386 e. The van der Waals surface area contributed by atoms with Gasteiger partial charge in [0.15, 0.2) is 0 Å². The van der Waals surface area contributed by atoms with E-state index in [9.17, 15) is 4.79 Å². The maximum absolute atomic E-state index is 12.6. The molecule has 2 rings (SSSR count). The quantitative estimate of drug-likeness (QED) is 0.256. The fraction of sp³-hybridized carbons (Fsp3) is 0.250. The minimum absolute atomic E-state index is 0.286. The minimum atomic E-state index is -0.424. The van der Waals surface area contributed by atoms with Crippen LogP contribution in [0.15, 0.2) is 54.3 Å². The molecule has 0 bridgehead atoms.